The molecule has 0 aromatic carbocycles. The Hall–Kier alpha value is 0.640. The van der Waals surface area contributed by atoms with E-state index in [0.717, 1.165) is 5.57 Å². The standard InChI is InChI=1S/C8H10Cl4/c1-2-3-4-6(5-9)7(10)8(11)12/h2-3,5,7-8H,4H2,1H3. The van der Waals surface area contributed by atoms with Crippen LogP contribution in [0.3, 0.4) is 0 Å². The molecule has 0 N–H and O–H groups in total. The second kappa shape index (κ2) is 7.08. The van der Waals surface area contributed by atoms with Crippen molar-refractivity contribution in [3.63, 3.8) is 0 Å². The van der Waals surface area contributed by atoms with Crippen LogP contribution in [0.25, 0.3) is 0 Å². The van der Waals surface area contributed by atoms with E-state index in [1.807, 2.05) is 19.1 Å². The van der Waals surface area contributed by atoms with Gasteiger partial charge in [0.05, 0.1) is 5.38 Å². The van der Waals surface area contributed by atoms with E-state index in [2.05, 4.69) is 0 Å². The van der Waals surface area contributed by atoms with E-state index >= 15 is 0 Å². The lowest BCUT2D eigenvalue weighted by molar-refractivity contribution is 1.01. The van der Waals surface area contributed by atoms with Gasteiger partial charge in [0.15, 0.2) is 0 Å². The summed E-state index contributed by atoms with van der Waals surface area (Å²) >= 11 is 22.6. The molecule has 0 spiro atoms. The van der Waals surface area contributed by atoms with E-state index in [1.165, 1.54) is 5.54 Å². The molecule has 0 aliphatic rings. The SMILES string of the molecule is CC=CCC(=CCl)C(Cl)C(Cl)Cl. The molecule has 0 aromatic rings. The molecule has 70 valence electrons. The molecular weight excluding hydrogens is 238 g/mol. The smallest absolute Gasteiger partial charge is 0.115 e. The number of alkyl halides is 3. The molecule has 1 atom stereocenters. The van der Waals surface area contributed by atoms with Crippen LogP contribution in [0.4, 0.5) is 0 Å². The van der Waals surface area contributed by atoms with Gasteiger partial charge in [0.2, 0.25) is 0 Å². The molecule has 0 radical (unpaired) electrons. The van der Waals surface area contributed by atoms with E-state index < -0.39 is 10.2 Å². The molecule has 0 saturated heterocycles. The molecule has 0 fully saturated rings. The van der Waals surface area contributed by atoms with Crippen molar-refractivity contribution in [2.24, 2.45) is 0 Å². The quantitative estimate of drug-likeness (QED) is 0.508. The molecule has 0 rings (SSSR count). The Morgan fingerprint density at radius 1 is 1.33 bits per heavy atom. The fraction of sp³-hybridized carbons (Fsp3) is 0.500. The van der Waals surface area contributed by atoms with Crippen LogP contribution in [-0.2, 0) is 0 Å². The van der Waals surface area contributed by atoms with E-state index in [0.29, 0.717) is 6.42 Å². The van der Waals surface area contributed by atoms with Crippen LogP contribution in [0.1, 0.15) is 13.3 Å². The first-order valence-electron chi connectivity index (χ1n) is 3.46. The first-order chi connectivity index (χ1) is 5.63. The summed E-state index contributed by atoms with van der Waals surface area (Å²) in [7, 11) is 0. The lowest BCUT2D eigenvalue weighted by Gasteiger charge is -2.11. The van der Waals surface area contributed by atoms with Crippen molar-refractivity contribution in [2.45, 2.75) is 23.6 Å². The van der Waals surface area contributed by atoms with Crippen LogP contribution < -0.4 is 0 Å². The summed E-state index contributed by atoms with van der Waals surface area (Å²) in [4.78, 5) is -0.623. The summed E-state index contributed by atoms with van der Waals surface area (Å²) < 4.78 is 0. The fourth-order valence-corrected chi connectivity index (χ4v) is 1.40. The zero-order chi connectivity index (χ0) is 9.56. The highest BCUT2D eigenvalue weighted by molar-refractivity contribution is 6.49. The largest absolute Gasteiger partial charge is 0.127 e. The van der Waals surface area contributed by atoms with Crippen molar-refractivity contribution in [1.29, 1.82) is 0 Å². The average Bonchev–Trinajstić information content (AvgIpc) is 2.05. The van der Waals surface area contributed by atoms with E-state index in [4.69, 9.17) is 46.4 Å². The molecule has 0 nitrogen and oxygen atoms in total. The van der Waals surface area contributed by atoms with Gasteiger partial charge in [0.1, 0.15) is 4.84 Å². The topological polar surface area (TPSA) is 0 Å². The summed E-state index contributed by atoms with van der Waals surface area (Å²) in [5, 5.41) is -0.415. The van der Waals surface area contributed by atoms with Crippen LogP contribution >= 0.6 is 46.4 Å². The summed E-state index contributed by atoms with van der Waals surface area (Å²) in [6.45, 7) is 1.92. The molecule has 0 amide bonds. The van der Waals surface area contributed by atoms with Gasteiger partial charge < -0.3 is 0 Å². The number of rotatable bonds is 4. The lowest BCUT2D eigenvalue weighted by Crippen LogP contribution is -2.11. The molecule has 0 aliphatic carbocycles. The first kappa shape index (κ1) is 12.6. The predicted octanol–water partition coefficient (Wildman–Crippen LogP) is 4.49. The Kier molecular flexibility index (Phi) is 7.46. The highest BCUT2D eigenvalue weighted by Crippen LogP contribution is 2.24. The second-order valence-electron chi connectivity index (χ2n) is 2.19. The predicted molar refractivity (Wildman–Crippen MR) is 58.5 cm³/mol. The molecule has 0 heterocycles. The third-order valence-corrected chi connectivity index (χ3v) is 2.88. The number of hydrogen-bond acceptors (Lipinski definition) is 0. The van der Waals surface area contributed by atoms with Gasteiger partial charge in [-0.1, -0.05) is 23.8 Å². The summed E-state index contributed by atoms with van der Waals surface area (Å²) in [5.74, 6) is 0. The van der Waals surface area contributed by atoms with Crippen molar-refractivity contribution in [3.8, 4) is 0 Å². The van der Waals surface area contributed by atoms with Crippen LogP contribution in [-0.4, -0.2) is 10.2 Å². The number of hydrogen-bond donors (Lipinski definition) is 0. The van der Waals surface area contributed by atoms with Crippen LogP contribution in [0.15, 0.2) is 23.3 Å². The average molecular weight is 248 g/mol. The Balaban J connectivity index is 4.16. The van der Waals surface area contributed by atoms with Gasteiger partial charge in [-0.2, -0.15) is 0 Å². The van der Waals surface area contributed by atoms with Crippen molar-refractivity contribution in [2.75, 3.05) is 0 Å². The van der Waals surface area contributed by atoms with Gasteiger partial charge >= 0.3 is 0 Å². The minimum Gasteiger partial charge on any atom is -0.115 e. The Morgan fingerprint density at radius 3 is 2.25 bits per heavy atom. The highest BCUT2D eigenvalue weighted by Gasteiger charge is 2.17. The maximum atomic E-state index is 5.87. The molecular formula is C8H10Cl4. The first-order valence-corrected chi connectivity index (χ1v) is 5.20. The van der Waals surface area contributed by atoms with Crippen molar-refractivity contribution >= 4 is 46.4 Å². The second-order valence-corrected chi connectivity index (χ2v) is 4.05. The molecule has 0 bridgehead atoms. The third kappa shape index (κ3) is 4.61. The molecule has 12 heavy (non-hydrogen) atoms. The van der Waals surface area contributed by atoms with Crippen LogP contribution in [0, 0.1) is 0 Å². The minimum atomic E-state index is -0.623. The fourth-order valence-electron chi connectivity index (χ4n) is 0.633. The van der Waals surface area contributed by atoms with Crippen LogP contribution in [0.5, 0.6) is 0 Å². The highest BCUT2D eigenvalue weighted by atomic mass is 35.5. The number of allylic oxidation sites excluding steroid dienone is 3. The maximum Gasteiger partial charge on any atom is 0.127 e. The Morgan fingerprint density at radius 2 is 1.92 bits per heavy atom. The van der Waals surface area contributed by atoms with Gasteiger partial charge in [0.25, 0.3) is 0 Å². The summed E-state index contributed by atoms with van der Waals surface area (Å²) in [6, 6.07) is 0. The normalized spacial score (nSPS) is 16.0. The van der Waals surface area contributed by atoms with Gasteiger partial charge in [-0.15, -0.1) is 34.8 Å². The molecule has 1 unspecified atom stereocenters. The van der Waals surface area contributed by atoms with E-state index in [1.54, 1.807) is 0 Å². The van der Waals surface area contributed by atoms with Gasteiger partial charge in [-0.25, -0.2) is 0 Å². The van der Waals surface area contributed by atoms with Gasteiger partial charge in [-0.3, -0.25) is 0 Å². The summed E-state index contributed by atoms with van der Waals surface area (Å²) in [6.07, 6.45) is 4.55. The molecule has 4 heteroatoms. The number of halogens is 4. The zero-order valence-electron chi connectivity index (χ0n) is 6.61. The summed E-state index contributed by atoms with van der Waals surface area (Å²) in [5.41, 5.74) is 2.25. The third-order valence-electron chi connectivity index (χ3n) is 1.30. The monoisotopic (exact) mass is 246 g/mol. The van der Waals surface area contributed by atoms with Crippen molar-refractivity contribution in [1.82, 2.24) is 0 Å². The van der Waals surface area contributed by atoms with Gasteiger partial charge in [0, 0.05) is 5.54 Å². The zero-order valence-corrected chi connectivity index (χ0v) is 9.63. The minimum absolute atomic E-state index is 0.415. The van der Waals surface area contributed by atoms with Crippen molar-refractivity contribution in [3.05, 3.63) is 23.3 Å². The molecule has 0 aliphatic heterocycles. The molecule has 0 aromatic heterocycles. The van der Waals surface area contributed by atoms with Crippen LogP contribution in [0.2, 0.25) is 0 Å². The Bertz CT molecular complexity index is 172. The van der Waals surface area contributed by atoms with Gasteiger partial charge in [-0.05, 0) is 18.9 Å². The lowest BCUT2D eigenvalue weighted by atomic mass is 10.1. The van der Waals surface area contributed by atoms with E-state index in [9.17, 15) is 0 Å². The van der Waals surface area contributed by atoms with Crippen molar-refractivity contribution < 1.29 is 0 Å². The van der Waals surface area contributed by atoms with E-state index in [-0.39, 0.29) is 0 Å². The maximum absolute atomic E-state index is 5.87. The molecule has 0 saturated carbocycles. The Labute approximate surface area is 93.1 Å².